The Bertz CT molecular complexity index is 976. The van der Waals surface area contributed by atoms with E-state index in [1.54, 1.807) is 0 Å². The van der Waals surface area contributed by atoms with Crippen LogP contribution in [0.3, 0.4) is 0 Å². The monoisotopic (exact) mass is 316 g/mol. The second kappa shape index (κ2) is 6.04. The highest BCUT2D eigenvalue weighted by molar-refractivity contribution is 5.88. The summed E-state index contributed by atoms with van der Waals surface area (Å²) in [4.78, 5) is 11.6. The fourth-order valence-corrected chi connectivity index (χ4v) is 2.53. The SMILES string of the molecule is Cc1cccc(Oc2ccc(Nc3ncnc4[nH]ccc34)cc2)c1. The van der Waals surface area contributed by atoms with E-state index in [2.05, 4.69) is 20.3 Å². The molecule has 2 aromatic carbocycles. The van der Waals surface area contributed by atoms with E-state index in [1.807, 2.05) is 67.7 Å². The minimum atomic E-state index is 0.772. The molecule has 0 aliphatic rings. The number of benzene rings is 2. The Hall–Kier alpha value is -3.34. The number of ether oxygens (including phenoxy) is 1. The molecular formula is C19H16N4O. The zero-order valence-corrected chi connectivity index (χ0v) is 13.2. The van der Waals surface area contributed by atoms with Gasteiger partial charge in [-0.25, -0.2) is 9.97 Å². The van der Waals surface area contributed by atoms with Gasteiger partial charge in [0, 0.05) is 11.9 Å². The average Bonchev–Trinajstić information content (AvgIpc) is 3.06. The number of aromatic nitrogens is 3. The highest BCUT2D eigenvalue weighted by atomic mass is 16.5. The van der Waals surface area contributed by atoms with Crippen molar-refractivity contribution in [2.24, 2.45) is 0 Å². The third kappa shape index (κ3) is 2.92. The molecule has 0 saturated carbocycles. The summed E-state index contributed by atoms with van der Waals surface area (Å²) in [5.74, 6) is 2.40. The van der Waals surface area contributed by atoms with Crippen LogP contribution >= 0.6 is 0 Å². The zero-order chi connectivity index (χ0) is 16.4. The standard InChI is InChI=1S/C19H16N4O/c1-13-3-2-4-16(11-13)24-15-7-5-14(6-8-15)23-19-17-9-10-20-18(17)21-12-22-19/h2-12H,1H3,(H2,20,21,22,23). The number of nitrogens with one attached hydrogen (secondary N) is 2. The predicted octanol–water partition coefficient (Wildman–Crippen LogP) is 4.80. The molecule has 4 aromatic rings. The summed E-state index contributed by atoms with van der Waals surface area (Å²) in [6.07, 6.45) is 3.39. The van der Waals surface area contributed by atoms with Crippen molar-refractivity contribution in [2.45, 2.75) is 6.92 Å². The van der Waals surface area contributed by atoms with Gasteiger partial charge in [0.15, 0.2) is 0 Å². The van der Waals surface area contributed by atoms with E-state index in [-0.39, 0.29) is 0 Å². The number of nitrogens with zero attached hydrogens (tertiary/aromatic N) is 2. The van der Waals surface area contributed by atoms with Gasteiger partial charge >= 0.3 is 0 Å². The Labute approximate surface area is 139 Å². The van der Waals surface area contributed by atoms with Crippen molar-refractivity contribution in [3.63, 3.8) is 0 Å². The Kier molecular flexibility index (Phi) is 3.59. The second-order valence-electron chi connectivity index (χ2n) is 5.53. The molecule has 118 valence electrons. The van der Waals surface area contributed by atoms with Crippen LogP contribution in [0.15, 0.2) is 67.1 Å². The maximum Gasteiger partial charge on any atom is 0.143 e. The fraction of sp³-hybridized carbons (Fsp3) is 0.0526. The molecule has 0 aliphatic heterocycles. The molecule has 0 saturated heterocycles. The Morgan fingerprint density at radius 2 is 1.83 bits per heavy atom. The first-order valence-electron chi connectivity index (χ1n) is 7.68. The molecule has 4 rings (SSSR count). The summed E-state index contributed by atoms with van der Waals surface area (Å²) in [6, 6.07) is 17.7. The highest BCUT2D eigenvalue weighted by Crippen LogP contribution is 2.26. The van der Waals surface area contributed by atoms with Crippen LogP contribution in [0.25, 0.3) is 11.0 Å². The van der Waals surface area contributed by atoms with Crippen molar-refractivity contribution in [1.82, 2.24) is 15.0 Å². The molecule has 0 fully saturated rings. The largest absolute Gasteiger partial charge is 0.457 e. The van der Waals surface area contributed by atoms with Crippen LogP contribution in [0.4, 0.5) is 11.5 Å². The first kappa shape index (κ1) is 14.3. The Balaban J connectivity index is 1.52. The molecule has 0 atom stereocenters. The smallest absolute Gasteiger partial charge is 0.143 e. The molecule has 0 aliphatic carbocycles. The maximum absolute atomic E-state index is 5.86. The summed E-state index contributed by atoms with van der Waals surface area (Å²) in [6.45, 7) is 2.04. The summed E-state index contributed by atoms with van der Waals surface area (Å²) in [7, 11) is 0. The zero-order valence-electron chi connectivity index (χ0n) is 13.2. The van der Waals surface area contributed by atoms with Gasteiger partial charge < -0.3 is 15.0 Å². The van der Waals surface area contributed by atoms with Crippen LogP contribution in [-0.4, -0.2) is 15.0 Å². The first-order valence-corrected chi connectivity index (χ1v) is 7.68. The molecule has 24 heavy (non-hydrogen) atoms. The van der Waals surface area contributed by atoms with Crippen LogP contribution in [0, 0.1) is 6.92 Å². The van der Waals surface area contributed by atoms with Crippen molar-refractivity contribution in [1.29, 1.82) is 0 Å². The van der Waals surface area contributed by atoms with E-state index in [4.69, 9.17) is 4.74 Å². The van der Waals surface area contributed by atoms with Crippen molar-refractivity contribution < 1.29 is 4.74 Å². The lowest BCUT2D eigenvalue weighted by atomic mass is 10.2. The third-order valence-electron chi connectivity index (χ3n) is 3.70. The van der Waals surface area contributed by atoms with E-state index in [9.17, 15) is 0 Å². The predicted molar refractivity (Wildman–Crippen MR) is 94.9 cm³/mol. The molecule has 0 amide bonds. The van der Waals surface area contributed by atoms with Gasteiger partial charge in [0.25, 0.3) is 0 Å². The number of rotatable bonds is 4. The van der Waals surface area contributed by atoms with Crippen LogP contribution in [0.1, 0.15) is 5.56 Å². The number of hydrogen-bond donors (Lipinski definition) is 2. The van der Waals surface area contributed by atoms with E-state index in [0.717, 1.165) is 34.0 Å². The lowest BCUT2D eigenvalue weighted by Gasteiger charge is -2.09. The van der Waals surface area contributed by atoms with Gasteiger partial charge in [0.1, 0.15) is 29.3 Å². The van der Waals surface area contributed by atoms with Crippen molar-refractivity contribution >= 4 is 22.5 Å². The van der Waals surface area contributed by atoms with Crippen molar-refractivity contribution in [3.8, 4) is 11.5 Å². The van der Waals surface area contributed by atoms with E-state index >= 15 is 0 Å². The maximum atomic E-state index is 5.86. The number of H-pyrrole nitrogens is 1. The van der Waals surface area contributed by atoms with E-state index in [0.29, 0.717) is 0 Å². The van der Waals surface area contributed by atoms with Gasteiger partial charge in [-0.3, -0.25) is 0 Å². The number of anilines is 2. The minimum absolute atomic E-state index is 0.772. The van der Waals surface area contributed by atoms with Gasteiger partial charge in [-0.2, -0.15) is 0 Å². The molecule has 2 aromatic heterocycles. The molecule has 5 heteroatoms. The lowest BCUT2D eigenvalue weighted by Crippen LogP contribution is -1.95. The molecule has 5 nitrogen and oxygen atoms in total. The molecule has 2 N–H and O–H groups in total. The summed E-state index contributed by atoms with van der Waals surface area (Å²) < 4.78 is 5.86. The molecule has 0 radical (unpaired) electrons. The highest BCUT2D eigenvalue weighted by Gasteiger charge is 2.05. The number of fused-ring (bicyclic) bond motifs is 1. The number of aryl methyl sites for hydroxylation is 1. The van der Waals surface area contributed by atoms with Crippen LogP contribution in [0.2, 0.25) is 0 Å². The van der Waals surface area contributed by atoms with Gasteiger partial charge in [-0.15, -0.1) is 0 Å². The van der Waals surface area contributed by atoms with Gasteiger partial charge in [-0.1, -0.05) is 12.1 Å². The summed E-state index contributed by atoms with van der Waals surface area (Å²) >= 11 is 0. The normalized spacial score (nSPS) is 10.7. The van der Waals surface area contributed by atoms with Gasteiger partial charge in [0.2, 0.25) is 0 Å². The summed E-state index contributed by atoms with van der Waals surface area (Å²) in [5.41, 5.74) is 2.92. The topological polar surface area (TPSA) is 62.8 Å². The van der Waals surface area contributed by atoms with Crippen molar-refractivity contribution in [3.05, 3.63) is 72.7 Å². The molecular weight excluding hydrogens is 300 g/mol. The number of hydrogen-bond acceptors (Lipinski definition) is 4. The van der Waals surface area contributed by atoms with Crippen molar-refractivity contribution in [2.75, 3.05) is 5.32 Å². The summed E-state index contributed by atoms with van der Waals surface area (Å²) in [5, 5.41) is 4.26. The lowest BCUT2D eigenvalue weighted by molar-refractivity contribution is 0.482. The Morgan fingerprint density at radius 1 is 0.958 bits per heavy atom. The molecule has 0 bridgehead atoms. The molecule has 2 heterocycles. The molecule has 0 spiro atoms. The fourth-order valence-electron chi connectivity index (χ4n) is 2.53. The first-order chi connectivity index (χ1) is 11.8. The van der Waals surface area contributed by atoms with E-state index < -0.39 is 0 Å². The minimum Gasteiger partial charge on any atom is -0.457 e. The van der Waals surface area contributed by atoms with Crippen LogP contribution in [-0.2, 0) is 0 Å². The second-order valence-corrected chi connectivity index (χ2v) is 5.53. The third-order valence-corrected chi connectivity index (χ3v) is 3.70. The van der Waals surface area contributed by atoms with Gasteiger partial charge in [-0.05, 0) is 55.0 Å². The molecule has 0 unspecified atom stereocenters. The van der Waals surface area contributed by atoms with Gasteiger partial charge in [0.05, 0.1) is 5.39 Å². The van der Waals surface area contributed by atoms with E-state index in [1.165, 1.54) is 11.9 Å². The Morgan fingerprint density at radius 3 is 2.67 bits per heavy atom. The quantitative estimate of drug-likeness (QED) is 0.567. The number of aromatic amines is 1. The van der Waals surface area contributed by atoms with Crippen LogP contribution < -0.4 is 10.1 Å². The average molecular weight is 316 g/mol. The van der Waals surface area contributed by atoms with Crippen LogP contribution in [0.5, 0.6) is 11.5 Å².